The molecule has 4 aromatic rings. The molecule has 1 amide bonds. The van der Waals surface area contributed by atoms with Crippen molar-refractivity contribution < 1.29 is 9.21 Å². The molecule has 0 atom stereocenters. The van der Waals surface area contributed by atoms with Crippen LogP contribution in [-0.4, -0.2) is 31.3 Å². The summed E-state index contributed by atoms with van der Waals surface area (Å²) in [5.41, 5.74) is 2.25. The Labute approximate surface area is 185 Å². The first-order chi connectivity index (χ1) is 15.2. The Hall–Kier alpha value is -3.32. The summed E-state index contributed by atoms with van der Waals surface area (Å²) in [7, 11) is 0. The van der Waals surface area contributed by atoms with Gasteiger partial charge in [0.15, 0.2) is 5.16 Å². The molecule has 0 bridgehead atoms. The van der Waals surface area contributed by atoms with Gasteiger partial charge in [-0.15, -0.1) is 10.2 Å². The van der Waals surface area contributed by atoms with Gasteiger partial charge in [-0.1, -0.05) is 72.4 Å². The van der Waals surface area contributed by atoms with E-state index in [2.05, 4.69) is 22.3 Å². The van der Waals surface area contributed by atoms with Crippen molar-refractivity contribution in [2.45, 2.75) is 31.7 Å². The summed E-state index contributed by atoms with van der Waals surface area (Å²) < 4.78 is 7.52. The molecule has 0 spiro atoms. The lowest BCUT2D eigenvalue weighted by Crippen LogP contribution is -2.31. The van der Waals surface area contributed by atoms with Crippen LogP contribution in [-0.2, 0) is 24.4 Å². The van der Waals surface area contributed by atoms with Crippen LogP contribution in [0.1, 0.15) is 22.7 Å². The average molecular weight is 433 g/mol. The Kier molecular flexibility index (Phi) is 6.84. The van der Waals surface area contributed by atoms with E-state index in [0.717, 1.165) is 22.3 Å². The van der Waals surface area contributed by atoms with Crippen molar-refractivity contribution in [3.63, 3.8) is 0 Å². The molecule has 0 N–H and O–H groups in total. The van der Waals surface area contributed by atoms with Gasteiger partial charge in [0.2, 0.25) is 5.91 Å². The molecule has 0 radical (unpaired) electrons. The fourth-order valence-corrected chi connectivity index (χ4v) is 4.15. The standard InChI is InChI=1S/C24H24N4O2S/c1-19-25-26-24(28(19)16-21-11-6-3-7-12-21)31-18-23(29)27(17-22-13-8-14-30-22)15-20-9-4-2-5-10-20/h2-14H,15-18H2,1H3. The molecule has 0 saturated carbocycles. The molecule has 0 saturated heterocycles. The summed E-state index contributed by atoms with van der Waals surface area (Å²) >= 11 is 1.41. The predicted molar refractivity (Wildman–Crippen MR) is 120 cm³/mol. The highest BCUT2D eigenvalue weighted by Gasteiger charge is 2.18. The minimum atomic E-state index is 0.0252. The highest BCUT2D eigenvalue weighted by molar-refractivity contribution is 7.99. The molecular formula is C24H24N4O2S. The van der Waals surface area contributed by atoms with Gasteiger partial charge in [0.25, 0.3) is 0 Å². The molecule has 2 aromatic carbocycles. The van der Waals surface area contributed by atoms with Crippen LogP contribution in [0.5, 0.6) is 0 Å². The third kappa shape index (κ3) is 5.64. The Balaban J connectivity index is 1.45. The maximum Gasteiger partial charge on any atom is 0.233 e. The Morgan fingerprint density at radius 2 is 1.65 bits per heavy atom. The molecule has 2 heterocycles. The van der Waals surface area contributed by atoms with Gasteiger partial charge in [0.1, 0.15) is 11.6 Å². The maximum atomic E-state index is 13.1. The molecule has 31 heavy (non-hydrogen) atoms. The summed E-state index contributed by atoms with van der Waals surface area (Å²) in [5.74, 6) is 1.89. The number of aryl methyl sites for hydroxylation is 1. The molecule has 0 unspecified atom stereocenters. The molecule has 0 aliphatic carbocycles. The molecule has 4 rings (SSSR count). The van der Waals surface area contributed by atoms with E-state index in [4.69, 9.17) is 4.42 Å². The van der Waals surface area contributed by atoms with Gasteiger partial charge in [-0.3, -0.25) is 4.79 Å². The first kappa shape index (κ1) is 20.9. The Morgan fingerprint density at radius 3 is 2.32 bits per heavy atom. The monoisotopic (exact) mass is 432 g/mol. The van der Waals surface area contributed by atoms with Crippen LogP contribution in [0.4, 0.5) is 0 Å². The fourth-order valence-electron chi connectivity index (χ4n) is 3.26. The number of hydrogen-bond acceptors (Lipinski definition) is 5. The van der Waals surface area contributed by atoms with Crippen LogP contribution in [0.15, 0.2) is 88.6 Å². The number of rotatable bonds is 9. The van der Waals surface area contributed by atoms with Crippen molar-refractivity contribution in [2.75, 3.05) is 5.75 Å². The lowest BCUT2D eigenvalue weighted by Gasteiger charge is -2.22. The number of carbonyl (C=O) groups excluding carboxylic acids is 1. The summed E-state index contributed by atoms with van der Waals surface area (Å²) in [6.07, 6.45) is 1.63. The van der Waals surface area contributed by atoms with Crippen LogP contribution < -0.4 is 0 Å². The van der Waals surface area contributed by atoms with E-state index in [9.17, 15) is 4.79 Å². The number of thioether (sulfide) groups is 1. The summed E-state index contributed by atoms with van der Waals surface area (Å²) in [6, 6.07) is 23.9. The van der Waals surface area contributed by atoms with Crippen LogP contribution in [0.2, 0.25) is 0 Å². The summed E-state index contributed by atoms with van der Waals surface area (Å²) in [5, 5.41) is 9.25. The molecule has 7 heteroatoms. The molecule has 0 aliphatic heterocycles. The SMILES string of the molecule is Cc1nnc(SCC(=O)N(Cc2ccccc2)Cc2ccco2)n1Cc1ccccc1. The number of nitrogens with zero attached hydrogens (tertiary/aromatic N) is 4. The predicted octanol–water partition coefficient (Wildman–Crippen LogP) is 4.55. The van der Waals surface area contributed by atoms with Gasteiger partial charge < -0.3 is 13.9 Å². The number of carbonyl (C=O) groups is 1. The number of benzene rings is 2. The molecular weight excluding hydrogens is 408 g/mol. The van der Waals surface area contributed by atoms with E-state index in [-0.39, 0.29) is 11.7 Å². The van der Waals surface area contributed by atoms with E-state index < -0.39 is 0 Å². The van der Waals surface area contributed by atoms with Gasteiger partial charge in [-0.2, -0.15) is 0 Å². The first-order valence-corrected chi connectivity index (χ1v) is 11.1. The van der Waals surface area contributed by atoms with Crippen molar-refractivity contribution in [3.8, 4) is 0 Å². The second kappa shape index (κ2) is 10.1. The van der Waals surface area contributed by atoms with Crippen molar-refractivity contribution >= 4 is 17.7 Å². The molecule has 0 fully saturated rings. The minimum absolute atomic E-state index is 0.0252. The molecule has 6 nitrogen and oxygen atoms in total. The highest BCUT2D eigenvalue weighted by atomic mass is 32.2. The second-order valence-electron chi connectivity index (χ2n) is 7.20. The normalized spacial score (nSPS) is 10.9. The fraction of sp³-hybridized carbons (Fsp3) is 0.208. The lowest BCUT2D eigenvalue weighted by atomic mass is 10.2. The largest absolute Gasteiger partial charge is 0.467 e. The number of furan rings is 1. The van der Waals surface area contributed by atoms with Crippen LogP contribution in [0, 0.1) is 6.92 Å². The van der Waals surface area contributed by atoms with Crippen molar-refractivity contribution in [1.82, 2.24) is 19.7 Å². The first-order valence-electron chi connectivity index (χ1n) is 10.1. The van der Waals surface area contributed by atoms with Crippen molar-refractivity contribution in [1.29, 1.82) is 0 Å². The second-order valence-corrected chi connectivity index (χ2v) is 8.15. The van der Waals surface area contributed by atoms with Gasteiger partial charge in [-0.05, 0) is 30.2 Å². The van der Waals surface area contributed by atoms with Crippen molar-refractivity contribution in [3.05, 3.63) is 102 Å². The topological polar surface area (TPSA) is 64.2 Å². The zero-order chi connectivity index (χ0) is 21.5. The minimum Gasteiger partial charge on any atom is -0.467 e. The quantitative estimate of drug-likeness (QED) is 0.363. The van der Waals surface area contributed by atoms with Gasteiger partial charge in [-0.25, -0.2) is 0 Å². The van der Waals surface area contributed by atoms with E-state index in [1.165, 1.54) is 17.3 Å². The number of amides is 1. The van der Waals surface area contributed by atoms with Crippen LogP contribution in [0.3, 0.4) is 0 Å². The van der Waals surface area contributed by atoms with E-state index in [1.54, 1.807) is 6.26 Å². The van der Waals surface area contributed by atoms with Crippen LogP contribution in [0.25, 0.3) is 0 Å². The zero-order valence-electron chi connectivity index (χ0n) is 17.3. The van der Waals surface area contributed by atoms with Crippen molar-refractivity contribution in [2.24, 2.45) is 0 Å². The molecule has 158 valence electrons. The summed E-state index contributed by atoms with van der Waals surface area (Å²) in [4.78, 5) is 14.9. The number of hydrogen-bond donors (Lipinski definition) is 0. The van der Waals surface area contributed by atoms with E-state index >= 15 is 0 Å². The van der Waals surface area contributed by atoms with Gasteiger partial charge in [0.05, 0.1) is 25.1 Å². The van der Waals surface area contributed by atoms with Crippen LogP contribution >= 0.6 is 11.8 Å². The Morgan fingerprint density at radius 1 is 0.935 bits per heavy atom. The van der Waals surface area contributed by atoms with E-state index in [1.807, 2.05) is 77.1 Å². The third-order valence-electron chi connectivity index (χ3n) is 4.91. The Bertz CT molecular complexity index is 1100. The smallest absolute Gasteiger partial charge is 0.233 e. The highest BCUT2D eigenvalue weighted by Crippen LogP contribution is 2.20. The number of aromatic nitrogens is 3. The summed E-state index contributed by atoms with van der Waals surface area (Å²) in [6.45, 7) is 3.56. The molecule has 0 aliphatic rings. The molecule has 2 aromatic heterocycles. The third-order valence-corrected chi connectivity index (χ3v) is 5.86. The lowest BCUT2D eigenvalue weighted by molar-refractivity contribution is -0.129. The van der Waals surface area contributed by atoms with Gasteiger partial charge >= 0.3 is 0 Å². The maximum absolute atomic E-state index is 13.1. The zero-order valence-corrected chi connectivity index (χ0v) is 18.2. The average Bonchev–Trinajstić information content (AvgIpc) is 3.43. The van der Waals surface area contributed by atoms with Gasteiger partial charge in [0, 0.05) is 6.54 Å². The van der Waals surface area contributed by atoms with E-state index in [0.29, 0.717) is 19.6 Å².